The Bertz CT molecular complexity index is 671. The van der Waals surface area contributed by atoms with E-state index in [-0.39, 0.29) is 24.2 Å². The number of hydrogen-bond acceptors (Lipinski definition) is 4. The second kappa shape index (κ2) is 6.91. The normalized spacial score (nSPS) is 14.4. The number of halogens is 2. The minimum atomic E-state index is -0.366. The molecule has 1 aliphatic heterocycles. The topological polar surface area (TPSA) is 58.1 Å². The Labute approximate surface area is 138 Å². The van der Waals surface area contributed by atoms with Crippen LogP contribution in [0, 0.1) is 5.82 Å². The summed E-state index contributed by atoms with van der Waals surface area (Å²) in [6.45, 7) is 1.20. The highest BCUT2D eigenvalue weighted by Crippen LogP contribution is 2.21. The van der Waals surface area contributed by atoms with E-state index in [2.05, 4.69) is 15.3 Å². The van der Waals surface area contributed by atoms with E-state index in [0.29, 0.717) is 36.0 Å². The molecule has 0 spiro atoms. The molecule has 1 aromatic carbocycles. The SMILES string of the molecule is O=C(CCc1c(F)cccc1Cl)N1CC(Nc2ncccn2)C1. The van der Waals surface area contributed by atoms with E-state index in [1.54, 1.807) is 35.5 Å². The van der Waals surface area contributed by atoms with Gasteiger partial charge in [-0.1, -0.05) is 17.7 Å². The summed E-state index contributed by atoms with van der Waals surface area (Å²) in [5, 5.41) is 3.52. The maximum Gasteiger partial charge on any atom is 0.223 e. The molecule has 2 heterocycles. The first kappa shape index (κ1) is 15.7. The summed E-state index contributed by atoms with van der Waals surface area (Å²) in [4.78, 5) is 22.0. The van der Waals surface area contributed by atoms with Gasteiger partial charge in [0.1, 0.15) is 5.82 Å². The molecule has 0 atom stereocenters. The van der Waals surface area contributed by atoms with Crippen molar-refractivity contribution in [2.24, 2.45) is 0 Å². The van der Waals surface area contributed by atoms with E-state index in [4.69, 9.17) is 11.6 Å². The van der Waals surface area contributed by atoms with E-state index >= 15 is 0 Å². The molecule has 2 aromatic rings. The number of carbonyl (C=O) groups excluding carboxylic acids is 1. The molecule has 120 valence electrons. The van der Waals surface area contributed by atoms with E-state index in [1.165, 1.54) is 6.07 Å². The van der Waals surface area contributed by atoms with Crippen molar-refractivity contribution in [3.05, 3.63) is 53.1 Å². The summed E-state index contributed by atoms with van der Waals surface area (Å²) >= 11 is 5.97. The molecule has 0 saturated carbocycles. The molecule has 3 rings (SSSR count). The van der Waals surface area contributed by atoms with Gasteiger partial charge in [-0.3, -0.25) is 4.79 Å². The van der Waals surface area contributed by atoms with Gasteiger partial charge in [0.05, 0.1) is 6.04 Å². The fourth-order valence-electron chi connectivity index (χ4n) is 2.49. The van der Waals surface area contributed by atoms with Gasteiger partial charge >= 0.3 is 0 Å². The molecule has 1 fully saturated rings. The number of rotatable bonds is 5. The highest BCUT2D eigenvalue weighted by Gasteiger charge is 2.30. The average Bonchev–Trinajstić information content (AvgIpc) is 2.51. The van der Waals surface area contributed by atoms with E-state index < -0.39 is 0 Å². The number of likely N-dealkylation sites (tertiary alicyclic amines) is 1. The lowest BCUT2D eigenvalue weighted by molar-refractivity contribution is -0.135. The summed E-state index contributed by atoms with van der Waals surface area (Å²) in [6.07, 6.45) is 3.88. The molecular formula is C16H16ClFN4O. The molecule has 0 radical (unpaired) electrons. The third kappa shape index (κ3) is 3.76. The van der Waals surface area contributed by atoms with Gasteiger partial charge in [-0.05, 0) is 24.6 Å². The molecule has 0 bridgehead atoms. The molecule has 1 amide bonds. The van der Waals surface area contributed by atoms with E-state index in [1.807, 2.05) is 0 Å². The minimum absolute atomic E-state index is 0.00338. The maximum atomic E-state index is 13.7. The van der Waals surface area contributed by atoms with Gasteiger partial charge in [0.2, 0.25) is 11.9 Å². The quantitative estimate of drug-likeness (QED) is 0.913. The summed E-state index contributed by atoms with van der Waals surface area (Å²) < 4.78 is 13.7. The number of hydrogen-bond donors (Lipinski definition) is 1. The van der Waals surface area contributed by atoms with Crippen molar-refractivity contribution in [1.29, 1.82) is 0 Å². The van der Waals surface area contributed by atoms with Crippen LogP contribution in [-0.4, -0.2) is 39.9 Å². The van der Waals surface area contributed by atoms with Crippen molar-refractivity contribution in [3.8, 4) is 0 Å². The number of nitrogens with one attached hydrogen (secondary N) is 1. The number of amides is 1. The highest BCUT2D eigenvalue weighted by molar-refractivity contribution is 6.31. The summed E-state index contributed by atoms with van der Waals surface area (Å²) in [5.41, 5.74) is 0.399. The monoisotopic (exact) mass is 334 g/mol. The molecule has 5 nitrogen and oxygen atoms in total. The second-order valence-electron chi connectivity index (χ2n) is 5.41. The Morgan fingerprint density at radius 3 is 2.74 bits per heavy atom. The molecular weight excluding hydrogens is 319 g/mol. The zero-order valence-electron chi connectivity index (χ0n) is 12.4. The molecule has 7 heteroatoms. The highest BCUT2D eigenvalue weighted by atomic mass is 35.5. The zero-order valence-corrected chi connectivity index (χ0v) is 13.1. The van der Waals surface area contributed by atoms with Gasteiger partial charge in [-0.25, -0.2) is 14.4 Å². The third-order valence-corrected chi connectivity index (χ3v) is 4.14. The van der Waals surface area contributed by atoms with Crippen LogP contribution in [0.3, 0.4) is 0 Å². The average molecular weight is 335 g/mol. The van der Waals surface area contributed by atoms with Crippen LogP contribution in [0.2, 0.25) is 5.02 Å². The van der Waals surface area contributed by atoms with Crippen LogP contribution < -0.4 is 5.32 Å². The number of nitrogens with zero attached hydrogens (tertiary/aromatic N) is 3. The van der Waals surface area contributed by atoms with Crippen LogP contribution in [0.4, 0.5) is 10.3 Å². The van der Waals surface area contributed by atoms with Crippen molar-refractivity contribution < 1.29 is 9.18 Å². The Hall–Kier alpha value is -2.21. The Kier molecular flexibility index (Phi) is 4.71. The van der Waals surface area contributed by atoms with Crippen molar-refractivity contribution in [2.45, 2.75) is 18.9 Å². The first-order valence-corrected chi connectivity index (χ1v) is 7.75. The fraction of sp³-hybridized carbons (Fsp3) is 0.312. The molecule has 0 unspecified atom stereocenters. The zero-order chi connectivity index (χ0) is 16.2. The molecule has 1 aliphatic rings. The number of benzene rings is 1. The standard InChI is InChI=1S/C16H16ClFN4O/c17-13-3-1-4-14(18)12(13)5-6-15(23)22-9-11(10-22)21-16-19-7-2-8-20-16/h1-4,7-8,11H,5-6,9-10H2,(H,19,20,21). The Morgan fingerprint density at radius 1 is 1.30 bits per heavy atom. The first-order chi connectivity index (χ1) is 11.1. The lowest BCUT2D eigenvalue weighted by atomic mass is 10.1. The Balaban J connectivity index is 1.46. The van der Waals surface area contributed by atoms with Crippen LogP contribution in [0.5, 0.6) is 0 Å². The summed E-state index contributed by atoms with van der Waals surface area (Å²) in [7, 11) is 0. The van der Waals surface area contributed by atoms with Crippen LogP contribution in [0.15, 0.2) is 36.7 Å². The Morgan fingerprint density at radius 2 is 2.04 bits per heavy atom. The molecule has 23 heavy (non-hydrogen) atoms. The number of carbonyl (C=O) groups is 1. The van der Waals surface area contributed by atoms with Gasteiger partial charge < -0.3 is 10.2 Å². The predicted molar refractivity (Wildman–Crippen MR) is 85.8 cm³/mol. The maximum absolute atomic E-state index is 13.7. The van der Waals surface area contributed by atoms with E-state index in [0.717, 1.165) is 0 Å². The van der Waals surface area contributed by atoms with Gasteiger partial charge in [0.25, 0.3) is 0 Å². The van der Waals surface area contributed by atoms with Crippen LogP contribution in [0.1, 0.15) is 12.0 Å². The smallest absolute Gasteiger partial charge is 0.223 e. The second-order valence-corrected chi connectivity index (χ2v) is 5.82. The van der Waals surface area contributed by atoms with Gasteiger partial charge in [0.15, 0.2) is 0 Å². The summed E-state index contributed by atoms with van der Waals surface area (Å²) in [6, 6.07) is 6.44. The number of aromatic nitrogens is 2. The van der Waals surface area contributed by atoms with E-state index in [9.17, 15) is 9.18 Å². The van der Waals surface area contributed by atoms with Crippen molar-refractivity contribution in [2.75, 3.05) is 18.4 Å². The fourth-order valence-corrected chi connectivity index (χ4v) is 2.75. The van der Waals surface area contributed by atoms with Crippen LogP contribution in [0.25, 0.3) is 0 Å². The lowest BCUT2D eigenvalue weighted by Crippen LogP contribution is -2.57. The molecule has 1 N–H and O–H groups in total. The van der Waals surface area contributed by atoms with Gasteiger partial charge in [-0.2, -0.15) is 0 Å². The predicted octanol–water partition coefficient (Wildman–Crippen LogP) is 2.52. The lowest BCUT2D eigenvalue weighted by Gasteiger charge is -2.39. The number of anilines is 1. The van der Waals surface area contributed by atoms with Crippen molar-refractivity contribution in [1.82, 2.24) is 14.9 Å². The molecule has 0 aliphatic carbocycles. The summed E-state index contributed by atoms with van der Waals surface area (Å²) in [5.74, 6) is 0.189. The van der Waals surface area contributed by atoms with Gasteiger partial charge in [0, 0.05) is 42.5 Å². The molecule has 1 saturated heterocycles. The van der Waals surface area contributed by atoms with Gasteiger partial charge in [-0.15, -0.1) is 0 Å². The third-order valence-electron chi connectivity index (χ3n) is 3.78. The minimum Gasteiger partial charge on any atom is -0.348 e. The largest absolute Gasteiger partial charge is 0.348 e. The van der Waals surface area contributed by atoms with Crippen molar-refractivity contribution in [3.63, 3.8) is 0 Å². The molecule has 1 aromatic heterocycles. The van der Waals surface area contributed by atoms with Crippen LogP contribution in [-0.2, 0) is 11.2 Å². The first-order valence-electron chi connectivity index (χ1n) is 7.37. The van der Waals surface area contributed by atoms with Crippen molar-refractivity contribution >= 4 is 23.5 Å². The van der Waals surface area contributed by atoms with Crippen LogP contribution >= 0.6 is 11.6 Å².